The van der Waals surface area contributed by atoms with Gasteiger partial charge in [-0.1, -0.05) is 48.4 Å². The number of hydrogen-bond donors (Lipinski definition) is 1. The predicted molar refractivity (Wildman–Crippen MR) is 99.9 cm³/mol. The van der Waals surface area contributed by atoms with Crippen LogP contribution in [0.1, 0.15) is 17.2 Å². The first kappa shape index (κ1) is 19.5. The number of nitrogens with zero attached hydrogens (tertiary/aromatic N) is 1. The zero-order valence-electron chi connectivity index (χ0n) is 15.0. The highest BCUT2D eigenvalue weighted by molar-refractivity contribution is 5.86. The third-order valence-electron chi connectivity index (χ3n) is 3.94. The Bertz CT molecular complexity index is 747. The number of ether oxygens (including phenoxy) is 2. The molecule has 0 bridgehead atoms. The topological polar surface area (TPSA) is 59.0 Å². The number of aliphatic carboxylic acids is 1. The van der Waals surface area contributed by atoms with Gasteiger partial charge in [-0.05, 0) is 30.3 Å². The second-order valence-electron chi connectivity index (χ2n) is 5.81. The molecule has 1 N–H and O–H groups in total. The van der Waals surface area contributed by atoms with E-state index in [0.29, 0.717) is 19.8 Å². The Kier molecular flexibility index (Phi) is 7.69. The average Bonchev–Trinajstić information content (AvgIpc) is 2.66. The summed E-state index contributed by atoms with van der Waals surface area (Å²) < 4.78 is 11.1. The maximum atomic E-state index is 10.6. The van der Waals surface area contributed by atoms with Crippen molar-refractivity contribution in [2.24, 2.45) is 0 Å². The normalized spacial score (nSPS) is 11.5. The van der Waals surface area contributed by atoms with Gasteiger partial charge in [0.2, 0.25) is 0 Å². The summed E-state index contributed by atoms with van der Waals surface area (Å²) in [4.78, 5) is 12.6. The first-order valence-corrected chi connectivity index (χ1v) is 8.28. The fourth-order valence-corrected chi connectivity index (χ4v) is 2.52. The number of carboxylic acids is 1. The SMILES string of the molecule is COc1ccc(C(COCc2ccccc2)N(C)CC#CC(=O)O)cc1. The first-order chi connectivity index (χ1) is 12.6. The van der Waals surface area contributed by atoms with E-state index in [9.17, 15) is 4.79 Å². The average molecular weight is 353 g/mol. The number of rotatable bonds is 8. The van der Waals surface area contributed by atoms with Crippen LogP contribution in [-0.2, 0) is 16.1 Å². The van der Waals surface area contributed by atoms with E-state index in [1.54, 1.807) is 7.11 Å². The van der Waals surface area contributed by atoms with E-state index in [0.717, 1.165) is 16.9 Å². The molecule has 0 spiro atoms. The molecule has 5 heteroatoms. The second-order valence-corrected chi connectivity index (χ2v) is 5.81. The van der Waals surface area contributed by atoms with Crippen LogP contribution in [0, 0.1) is 11.8 Å². The fourth-order valence-electron chi connectivity index (χ4n) is 2.52. The van der Waals surface area contributed by atoms with Crippen molar-refractivity contribution < 1.29 is 19.4 Å². The molecule has 136 valence electrons. The third kappa shape index (κ3) is 6.25. The van der Waals surface area contributed by atoms with Crippen LogP contribution in [0.4, 0.5) is 0 Å². The third-order valence-corrected chi connectivity index (χ3v) is 3.94. The highest BCUT2D eigenvalue weighted by Gasteiger charge is 2.17. The van der Waals surface area contributed by atoms with Crippen LogP contribution in [0.15, 0.2) is 54.6 Å². The van der Waals surface area contributed by atoms with Gasteiger partial charge in [-0.15, -0.1) is 0 Å². The fraction of sp³-hybridized carbons (Fsp3) is 0.286. The molecule has 0 fully saturated rings. The largest absolute Gasteiger partial charge is 0.497 e. The first-order valence-electron chi connectivity index (χ1n) is 8.28. The lowest BCUT2D eigenvalue weighted by atomic mass is 10.1. The lowest BCUT2D eigenvalue weighted by Crippen LogP contribution is -2.28. The molecule has 0 aliphatic heterocycles. The zero-order chi connectivity index (χ0) is 18.8. The molecule has 1 unspecified atom stereocenters. The Morgan fingerprint density at radius 3 is 2.46 bits per heavy atom. The van der Waals surface area contributed by atoms with Gasteiger partial charge in [-0.3, -0.25) is 4.90 Å². The molecular formula is C21H23NO4. The summed E-state index contributed by atoms with van der Waals surface area (Å²) in [5.74, 6) is 4.47. The van der Waals surface area contributed by atoms with Crippen LogP contribution in [0.2, 0.25) is 0 Å². The quantitative estimate of drug-likeness (QED) is 0.740. The van der Waals surface area contributed by atoms with Crippen molar-refractivity contribution in [1.29, 1.82) is 0 Å². The molecule has 0 aliphatic rings. The van der Waals surface area contributed by atoms with E-state index in [1.165, 1.54) is 0 Å². The van der Waals surface area contributed by atoms with Crippen molar-refractivity contribution in [3.05, 3.63) is 65.7 Å². The Hall–Kier alpha value is -2.81. The number of benzene rings is 2. The van der Waals surface area contributed by atoms with Gasteiger partial charge in [0.1, 0.15) is 5.75 Å². The molecule has 5 nitrogen and oxygen atoms in total. The van der Waals surface area contributed by atoms with Gasteiger partial charge in [0.05, 0.1) is 32.9 Å². The standard InChI is InChI=1S/C21H23NO4/c1-22(14-6-9-21(23)24)20(18-10-12-19(25-2)13-11-18)16-26-15-17-7-4-3-5-8-17/h3-5,7-8,10-13,20H,14-16H2,1-2H3,(H,23,24). The van der Waals surface area contributed by atoms with E-state index in [1.807, 2.05) is 66.5 Å². The van der Waals surface area contributed by atoms with Crippen molar-refractivity contribution in [2.75, 3.05) is 27.3 Å². The van der Waals surface area contributed by atoms with E-state index in [4.69, 9.17) is 14.6 Å². The van der Waals surface area contributed by atoms with Gasteiger partial charge >= 0.3 is 5.97 Å². The van der Waals surface area contributed by atoms with Crippen LogP contribution >= 0.6 is 0 Å². The van der Waals surface area contributed by atoms with Gasteiger partial charge in [0.25, 0.3) is 0 Å². The van der Waals surface area contributed by atoms with Crippen molar-refractivity contribution >= 4 is 5.97 Å². The Morgan fingerprint density at radius 2 is 1.85 bits per heavy atom. The Balaban J connectivity index is 2.06. The van der Waals surface area contributed by atoms with E-state index in [2.05, 4.69) is 11.8 Å². The van der Waals surface area contributed by atoms with Crippen LogP contribution in [-0.4, -0.2) is 43.3 Å². The van der Waals surface area contributed by atoms with Gasteiger partial charge in [0.15, 0.2) is 0 Å². The van der Waals surface area contributed by atoms with Crippen molar-refractivity contribution in [3.8, 4) is 17.6 Å². The van der Waals surface area contributed by atoms with Crippen molar-refractivity contribution in [2.45, 2.75) is 12.6 Å². The smallest absolute Gasteiger partial charge is 0.381 e. The van der Waals surface area contributed by atoms with E-state index >= 15 is 0 Å². The molecule has 2 aromatic carbocycles. The molecule has 0 heterocycles. The molecule has 0 aromatic heterocycles. The van der Waals surface area contributed by atoms with E-state index < -0.39 is 5.97 Å². The van der Waals surface area contributed by atoms with Gasteiger partial charge < -0.3 is 14.6 Å². The zero-order valence-corrected chi connectivity index (χ0v) is 15.0. The lowest BCUT2D eigenvalue weighted by Gasteiger charge is -2.27. The van der Waals surface area contributed by atoms with Gasteiger partial charge in [-0.25, -0.2) is 4.79 Å². The summed E-state index contributed by atoms with van der Waals surface area (Å²) in [6, 6.07) is 17.7. The maximum absolute atomic E-state index is 10.6. The molecular weight excluding hydrogens is 330 g/mol. The summed E-state index contributed by atoms with van der Waals surface area (Å²) in [5, 5.41) is 8.68. The highest BCUT2D eigenvalue weighted by Crippen LogP contribution is 2.23. The summed E-state index contributed by atoms with van der Waals surface area (Å²) in [6.07, 6.45) is 0. The summed E-state index contributed by atoms with van der Waals surface area (Å²) >= 11 is 0. The number of carbonyl (C=O) groups is 1. The van der Waals surface area contributed by atoms with Gasteiger partial charge in [-0.2, -0.15) is 0 Å². The molecule has 2 aromatic rings. The minimum absolute atomic E-state index is 0.0484. The minimum atomic E-state index is -1.13. The molecule has 26 heavy (non-hydrogen) atoms. The molecule has 0 amide bonds. The highest BCUT2D eigenvalue weighted by atomic mass is 16.5. The number of methoxy groups -OCH3 is 1. The van der Waals surface area contributed by atoms with Crippen molar-refractivity contribution in [3.63, 3.8) is 0 Å². The summed E-state index contributed by atoms with van der Waals surface area (Å²) in [5.41, 5.74) is 2.16. The van der Waals surface area contributed by atoms with Crippen LogP contribution in [0.5, 0.6) is 5.75 Å². The maximum Gasteiger partial charge on any atom is 0.381 e. The summed E-state index contributed by atoms with van der Waals surface area (Å²) in [7, 11) is 3.53. The van der Waals surface area contributed by atoms with Gasteiger partial charge in [0, 0.05) is 5.92 Å². The molecule has 0 aliphatic carbocycles. The molecule has 1 atom stereocenters. The lowest BCUT2D eigenvalue weighted by molar-refractivity contribution is -0.130. The van der Waals surface area contributed by atoms with Crippen LogP contribution in [0.3, 0.4) is 0 Å². The second kappa shape index (κ2) is 10.2. The molecule has 0 saturated carbocycles. The van der Waals surface area contributed by atoms with Crippen LogP contribution < -0.4 is 4.74 Å². The van der Waals surface area contributed by atoms with Crippen LogP contribution in [0.25, 0.3) is 0 Å². The Labute approximate surface area is 154 Å². The monoisotopic (exact) mass is 353 g/mol. The molecule has 0 radical (unpaired) electrons. The predicted octanol–water partition coefficient (Wildman–Crippen LogP) is 2.97. The van der Waals surface area contributed by atoms with E-state index in [-0.39, 0.29) is 6.04 Å². The molecule has 0 saturated heterocycles. The minimum Gasteiger partial charge on any atom is -0.497 e. The number of hydrogen-bond acceptors (Lipinski definition) is 4. The Morgan fingerprint density at radius 1 is 1.15 bits per heavy atom. The number of likely N-dealkylation sites (N-methyl/N-ethyl adjacent to an activating group) is 1. The van der Waals surface area contributed by atoms with Crippen molar-refractivity contribution in [1.82, 2.24) is 4.90 Å². The molecule has 2 rings (SSSR count). The summed E-state index contributed by atoms with van der Waals surface area (Å²) in [6.45, 7) is 1.31. The number of carboxylic acid groups (broad SMARTS) is 1.